The van der Waals surface area contributed by atoms with Crippen molar-refractivity contribution < 1.29 is 9.13 Å². The molecule has 0 atom stereocenters. The van der Waals surface area contributed by atoms with Gasteiger partial charge in [-0.1, -0.05) is 19.3 Å². The lowest BCUT2D eigenvalue weighted by Crippen LogP contribution is -2.28. The van der Waals surface area contributed by atoms with Crippen LogP contribution in [0.2, 0.25) is 0 Å². The van der Waals surface area contributed by atoms with Crippen LogP contribution in [0.15, 0.2) is 24.3 Å². The second-order valence-electron chi connectivity index (χ2n) is 5.01. The molecule has 0 spiro atoms. The van der Waals surface area contributed by atoms with Crippen LogP contribution in [0.4, 0.5) is 4.39 Å². The Balaban J connectivity index is 1.54. The van der Waals surface area contributed by atoms with Crippen LogP contribution in [0.25, 0.3) is 0 Å². The van der Waals surface area contributed by atoms with Crippen molar-refractivity contribution in [3.8, 4) is 5.75 Å². The fourth-order valence-corrected chi connectivity index (χ4v) is 2.47. The first-order valence-corrected chi connectivity index (χ1v) is 6.94. The van der Waals surface area contributed by atoms with Gasteiger partial charge in [-0.15, -0.1) is 0 Å². The lowest BCUT2D eigenvalue weighted by atomic mass is 9.89. The molecule has 1 aromatic carbocycles. The van der Waals surface area contributed by atoms with E-state index >= 15 is 0 Å². The van der Waals surface area contributed by atoms with Crippen LogP contribution in [-0.4, -0.2) is 19.7 Å². The summed E-state index contributed by atoms with van der Waals surface area (Å²) in [6.45, 7) is 2.60. The smallest absolute Gasteiger partial charge is 0.123 e. The number of benzene rings is 1. The van der Waals surface area contributed by atoms with Crippen molar-refractivity contribution in [2.24, 2.45) is 5.92 Å². The van der Waals surface area contributed by atoms with Gasteiger partial charge in [0.25, 0.3) is 0 Å². The van der Waals surface area contributed by atoms with E-state index < -0.39 is 0 Å². The van der Waals surface area contributed by atoms with Crippen molar-refractivity contribution in [2.75, 3.05) is 19.7 Å². The molecule has 0 aromatic heterocycles. The summed E-state index contributed by atoms with van der Waals surface area (Å²) in [5.41, 5.74) is 0. The summed E-state index contributed by atoms with van der Waals surface area (Å²) in [5.74, 6) is 1.36. The molecule has 3 heteroatoms. The second-order valence-corrected chi connectivity index (χ2v) is 5.01. The average Bonchev–Trinajstić information content (AvgIpc) is 2.42. The van der Waals surface area contributed by atoms with Gasteiger partial charge in [-0.2, -0.15) is 0 Å². The van der Waals surface area contributed by atoms with E-state index in [9.17, 15) is 4.39 Å². The predicted molar refractivity (Wildman–Crippen MR) is 71.3 cm³/mol. The SMILES string of the molecule is Fc1ccc(OCCNCC2CCCCC2)cc1. The van der Waals surface area contributed by atoms with Crippen molar-refractivity contribution in [3.05, 3.63) is 30.1 Å². The van der Waals surface area contributed by atoms with Crippen molar-refractivity contribution >= 4 is 0 Å². The third kappa shape index (κ3) is 4.65. The molecule has 1 N–H and O–H groups in total. The van der Waals surface area contributed by atoms with Gasteiger partial charge in [0.05, 0.1) is 0 Å². The Hall–Kier alpha value is -1.09. The average molecular weight is 251 g/mol. The molecule has 18 heavy (non-hydrogen) atoms. The number of ether oxygens (including phenoxy) is 1. The van der Waals surface area contributed by atoms with E-state index in [2.05, 4.69) is 5.32 Å². The molecule has 100 valence electrons. The molecular weight excluding hydrogens is 229 g/mol. The molecule has 0 radical (unpaired) electrons. The Bertz CT molecular complexity index is 333. The maximum atomic E-state index is 12.7. The number of hydrogen-bond acceptors (Lipinski definition) is 2. The van der Waals surface area contributed by atoms with Crippen molar-refractivity contribution in [1.29, 1.82) is 0 Å². The summed E-state index contributed by atoms with van der Waals surface area (Å²) in [6.07, 6.45) is 6.92. The van der Waals surface area contributed by atoms with Crippen LogP contribution in [0.1, 0.15) is 32.1 Å². The molecule has 0 unspecified atom stereocenters. The fraction of sp³-hybridized carbons (Fsp3) is 0.600. The van der Waals surface area contributed by atoms with Crippen LogP contribution < -0.4 is 10.1 Å². The largest absolute Gasteiger partial charge is 0.492 e. The maximum Gasteiger partial charge on any atom is 0.123 e. The molecule has 0 aliphatic heterocycles. The minimum absolute atomic E-state index is 0.224. The second kappa shape index (κ2) is 7.37. The van der Waals surface area contributed by atoms with Crippen molar-refractivity contribution in [1.82, 2.24) is 5.32 Å². The topological polar surface area (TPSA) is 21.3 Å². The van der Waals surface area contributed by atoms with Gasteiger partial charge >= 0.3 is 0 Å². The van der Waals surface area contributed by atoms with Crippen LogP contribution in [0.3, 0.4) is 0 Å². The molecule has 1 saturated carbocycles. The van der Waals surface area contributed by atoms with Gasteiger partial charge in [-0.25, -0.2) is 4.39 Å². The predicted octanol–water partition coefficient (Wildman–Crippen LogP) is 3.37. The van der Waals surface area contributed by atoms with Gasteiger partial charge in [0, 0.05) is 6.54 Å². The molecule has 2 nitrogen and oxygen atoms in total. The normalized spacial score (nSPS) is 16.7. The molecule has 2 rings (SSSR count). The molecule has 1 aliphatic carbocycles. The summed E-state index contributed by atoms with van der Waals surface area (Å²) in [5, 5.41) is 3.44. The lowest BCUT2D eigenvalue weighted by molar-refractivity contribution is 0.294. The zero-order valence-corrected chi connectivity index (χ0v) is 10.8. The van der Waals surface area contributed by atoms with Gasteiger partial charge in [0.2, 0.25) is 0 Å². The zero-order chi connectivity index (χ0) is 12.6. The van der Waals surface area contributed by atoms with E-state index in [0.717, 1.165) is 24.8 Å². The molecule has 1 aliphatic rings. The molecule has 1 fully saturated rings. The van der Waals surface area contributed by atoms with Crippen LogP contribution in [0.5, 0.6) is 5.75 Å². The van der Waals surface area contributed by atoms with Crippen LogP contribution in [0, 0.1) is 11.7 Å². The highest BCUT2D eigenvalue weighted by Crippen LogP contribution is 2.22. The van der Waals surface area contributed by atoms with Gasteiger partial charge in [-0.05, 0) is 49.6 Å². The van der Waals surface area contributed by atoms with E-state index in [-0.39, 0.29) is 5.82 Å². The van der Waals surface area contributed by atoms with Crippen LogP contribution in [-0.2, 0) is 0 Å². The van der Waals surface area contributed by atoms with E-state index in [1.807, 2.05) is 0 Å². The molecule has 0 bridgehead atoms. The first kappa shape index (κ1) is 13.3. The minimum atomic E-state index is -0.224. The summed E-state index contributed by atoms with van der Waals surface area (Å²) >= 11 is 0. The van der Waals surface area contributed by atoms with E-state index in [1.165, 1.54) is 44.2 Å². The summed E-state index contributed by atoms with van der Waals surface area (Å²) in [6, 6.07) is 6.17. The first-order valence-electron chi connectivity index (χ1n) is 6.94. The molecule has 1 aromatic rings. The van der Waals surface area contributed by atoms with Gasteiger partial charge in [0.15, 0.2) is 0 Å². The van der Waals surface area contributed by atoms with E-state index in [0.29, 0.717) is 6.61 Å². The molecule has 0 heterocycles. The van der Waals surface area contributed by atoms with E-state index in [4.69, 9.17) is 4.74 Å². The van der Waals surface area contributed by atoms with Crippen LogP contribution >= 0.6 is 0 Å². The molecule has 0 saturated heterocycles. The fourth-order valence-electron chi connectivity index (χ4n) is 2.47. The monoisotopic (exact) mass is 251 g/mol. The Morgan fingerprint density at radius 3 is 2.56 bits per heavy atom. The van der Waals surface area contributed by atoms with Crippen molar-refractivity contribution in [3.63, 3.8) is 0 Å². The highest BCUT2D eigenvalue weighted by Gasteiger charge is 2.12. The number of nitrogens with one attached hydrogen (secondary N) is 1. The number of rotatable bonds is 6. The third-order valence-electron chi connectivity index (χ3n) is 3.52. The lowest BCUT2D eigenvalue weighted by Gasteiger charge is -2.21. The minimum Gasteiger partial charge on any atom is -0.492 e. The Morgan fingerprint density at radius 2 is 1.83 bits per heavy atom. The quantitative estimate of drug-likeness (QED) is 0.783. The number of halogens is 1. The first-order chi connectivity index (χ1) is 8.84. The van der Waals surface area contributed by atoms with Crippen molar-refractivity contribution in [2.45, 2.75) is 32.1 Å². The van der Waals surface area contributed by atoms with Gasteiger partial charge in [0.1, 0.15) is 18.2 Å². The highest BCUT2D eigenvalue weighted by atomic mass is 19.1. The Kier molecular flexibility index (Phi) is 5.46. The van der Waals surface area contributed by atoms with Gasteiger partial charge < -0.3 is 10.1 Å². The summed E-state index contributed by atoms with van der Waals surface area (Å²) in [4.78, 5) is 0. The third-order valence-corrected chi connectivity index (χ3v) is 3.52. The molecule has 0 amide bonds. The summed E-state index contributed by atoms with van der Waals surface area (Å²) < 4.78 is 18.2. The maximum absolute atomic E-state index is 12.7. The zero-order valence-electron chi connectivity index (χ0n) is 10.8. The Labute approximate surface area is 109 Å². The standard InChI is InChI=1S/C15H22FNO/c16-14-6-8-15(9-7-14)18-11-10-17-12-13-4-2-1-3-5-13/h6-9,13,17H,1-5,10-12H2. The van der Waals surface area contributed by atoms with E-state index in [1.54, 1.807) is 12.1 Å². The van der Waals surface area contributed by atoms with Gasteiger partial charge in [-0.3, -0.25) is 0 Å². The Morgan fingerprint density at radius 1 is 1.11 bits per heavy atom. The highest BCUT2D eigenvalue weighted by molar-refractivity contribution is 5.21. The summed E-state index contributed by atoms with van der Waals surface area (Å²) in [7, 11) is 0. The number of hydrogen-bond donors (Lipinski definition) is 1. The molecular formula is C15H22FNO.